The molecule has 2 N–H and O–H groups in total. The van der Waals surface area contributed by atoms with E-state index in [1.54, 1.807) is 0 Å². The van der Waals surface area contributed by atoms with Crippen LogP contribution >= 0.6 is 0 Å². The van der Waals surface area contributed by atoms with Gasteiger partial charge in [-0.2, -0.15) is 0 Å². The number of carbonyl (C=O) groups excluding carboxylic acids is 1. The summed E-state index contributed by atoms with van der Waals surface area (Å²) in [5.41, 5.74) is 5.56. The van der Waals surface area contributed by atoms with E-state index in [2.05, 4.69) is 13.8 Å². The molecule has 2 fully saturated rings. The Morgan fingerprint density at radius 1 is 1.14 bits per heavy atom. The lowest BCUT2D eigenvalue weighted by molar-refractivity contribution is -0.127. The van der Waals surface area contributed by atoms with Crippen LogP contribution in [0.4, 0.5) is 0 Å². The van der Waals surface area contributed by atoms with E-state index < -0.39 is 5.54 Å². The van der Waals surface area contributed by atoms with Crippen molar-refractivity contribution in [3.8, 4) is 0 Å². The van der Waals surface area contributed by atoms with Crippen LogP contribution < -0.4 is 5.73 Å². The van der Waals surface area contributed by atoms with Crippen LogP contribution in [0.3, 0.4) is 0 Å². The van der Waals surface area contributed by atoms with Crippen LogP contribution in [-0.2, 0) is 4.79 Å². The molecule has 2 unspecified atom stereocenters. The van der Waals surface area contributed by atoms with Gasteiger partial charge in [0.1, 0.15) is 0 Å². The molecule has 2 aliphatic carbocycles. The lowest BCUT2D eigenvalue weighted by atomic mass is 9.73. The van der Waals surface area contributed by atoms with Gasteiger partial charge in [0.15, 0.2) is 5.78 Å². The molecule has 0 amide bonds. The van der Waals surface area contributed by atoms with Crippen LogP contribution in [0.1, 0.15) is 46.0 Å². The molecule has 2 heteroatoms. The summed E-state index contributed by atoms with van der Waals surface area (Å²) in [5.74, 6) is 2.03. The Hall–Kier alpha value is -0.370. The first kappa shape index (κ1) is 10.2. The zero-order valence-electron chi connectivity index (χ0n) is 9.25. The van der Waals surface area contributed by atoms with E-state index in [1.807, 2.05) is 0 Å². The van der Waals surface area contributed by atoms with Crippen molar-refractivity contribution in [2.75, 3.05) is 0 Å². The molecule has 80 valence electrons. The summed E-state index contributed by atoms with van der Waals surface area (Å²) < 4.78 is 0. The molecule has 0 radical (unpaired) electrons. The van der Waals surface area contributed by atoms with Gasteiger partial charge in [-0.3, -0.25) is 4.79 Å². The van der Waals surface area contributed by atoms with Gasteiger partial charge in [-0.15, -0.1) is 0 Å². The number of ketones is 1. The summed E-state index contributed by atoms with van der Waals surface area (Å²) in [5, 5.41) is 0. The highest BCUT2D eigenvalue weighted by Gasteiger charge is 2.49. The minimum absolute atomic E-state index is 0.265. The smallest absolute Gasteiger partial charge is 0.155 e. The second-order valence-electron chi connectivity index (χ2n) is 5.63. The van der Waals surface area contributed by atoms with E-state index in [4.69, 9.17) is 5.73 Å². The van der Waals surface area contributed by atoms with Gasteiger partial charge in [0.05, 0.1) is 5.54 Å². The maximum atomic E-state index is 12.0. The number of nitrogens with two attached hydrogens (primary N) is 1. The van der Waals surface area contributed by atoms with Crippen LogP contribution in [0.15, 0.2) is 0 Å². The zero-order chi connectivity index (χ0) is 10.3. The minimum Gasteiger partial charge on any atom is -0.319 e. The van der Waals surface area contributed by atoms with Crippen LogP contribution in [0.5, 0.6) is 0 Å². The molecule has 2 rings (SSSR count). The molecule has 2 nitrogen and oxygen atoms in total. The molecule has 2 saturated carbocycles. The topological polar surface area (TPSA) is 43.1 Å². The molecule has 0 bridgehead atoms. The highest BCUT2D eigenvalue weighted by molar-refractivity contribution is 5.93. The summed E-state index contributed by atoms with van der Waals surface area (Å²) in [4.78, 5) is 12.0. The fourth-order valence-electron chi connectivity index (χ4n) is 2.95. The Morgan fingerprint density at radius 2 is 1.64 bits per heavy atom. The minimum atomic E-state index is -0.401. The third kappa shape index (κ3) is 1.85. The molecule has 0 heterocycles. The fraction of sp³-hybridized carbons (Fsp3) is 0.917. The van der Waals surface area contributed by atoms with E-state index in [1.165, 1.54) is 6.42 Å². The predicted octanol–water partition coefficient (Wildman–Crippen LogP) is 2.12. The van der Waals surface area contributed by atoms with Gasteiger partial charge in [0.25, 0.3) is 0 Å². The van der Waals surface area contributed by atoms with Crippen molar-refractivity contribution in [3.63, 3.8) is 0 Å². The normalized spacial score (nSPS) is 40.6. The molecule has 0 aromatic rings. The summed E-state index contributed by atoms with van der Waals surface area (Å²) in [6.07, 6.45) is 5.27. The third-order valence-corrected chi connectivity index (χ3v) is 3.83. The quantitative estimate of drug-likeness (QED) is 0.733. The summed E-state index contributed by atoms with van der Waals surface area (Å²) in [7, 11) is 0. The molecule has 0 aromatic heterocycles. The van der Waals surface area contributed by atoms with E-state index in [-0.39, 0.29) is 5.92 Å². The molecule has 0 aromatic carbocycles. The first-order chi connectivity index (χ1) is 6.51. The van der Waals surface area contributed by atoms with Crippen LogP contribution in [0.25, 0.3) is 0 Å². The molecule has 0 spiro atoms. The van der Waals surface area contributed by atoms with Crippen molar-refractivity contribution in [1.82, 2.24) is 0 Å². The molecular weight excluding hydrogens is 174 g/mol. The second kappa shape index (κ2) is 3.34. The zero-order valence-corrected chi connectivity index (χ0v) is 9.25. The van der Waals surface area contributed by atoms with Crippen molar-refractivity contribution in [2.24, 2.45) is 23.5 Å². The summed E-state index contributed by atoms with van der Waals surface area (Å²) in [6.45, 7) is 4.51. The second-order valence-corrected chi connectivity index (χ2v) is 5.63. The van der Waals surface area contributed by atoms with Crippen LogP contribution in [0, 0.1) is 17.8 Å². The third-order valence-electron chi connectivity index (χ3n) is 3.83. The summed E-state index contributed by atoms with van der Waals surface area (Å²) >= 11 is 0. The molecule has 0 aliphatic heterocycles. The molecule has 2 atom stereocenters. The van der Waals surface area contributed by atoms with Crippen molar-refractivity contribution in [2.45, 2.75) is 51.5 Å². The first-order valence-corrected chi connectivity index (χ1v) is 5.84. The Balaban J connectivity index is 2.00. The Morgan fingerprint density at radius 3 is 2.07 bits per heavy atom. The Labute approximate surface area is 86.2 Å². The largest absolute Gasteiger partial charge is 0.319 e. The number of rotatable bonds is 2. The average molecular weight is 195 g/mol. The Bertz CT molecular complexity index is 235. The van der Waals surface area contributed by atoms with Crippen LogP contribution in [0.2, 0.25) is 0 Å². The van der Waals surface area contributed by atoms with E-state index in [9.17, 15) is 4.79 Å². The van der Waals surface area contributed by atoms with Crippen molar-refractivity contribution >= 4 is 5.78 Å². The van der Waals surface area contributed by atoms with Crippen LogP contribution in [-0.4, -0.2) is 11.3 Å². The monoisotopic (exact) mass is 195 g/mol. The van der Waals surface area contributed by atoms with Gasteiger partial charge in [-0.1, -0.05) is 13.8 Å². The van der Waals surface area contributed by atoms with E-state index >= 15 is 0 Å². The lowest BCUT2D eigenvalue weighted by Crippen LogP contribution is -2.40. The maximum Gasteiger partial charge on any atom is 0.155 e. The van der Waals surface area contributed by atoms with Gasteiger partial charge in [-0.05, 0) is 43.9 Å². The SMILES string of the molecule is CC1CC(C)CC(C(=O)C2(N)CC2)C1. The highest BCUT2D eigenvalue weighted by atomic mass is 16.1. The van der Waals surface area contributed by atoms with Crippen molar-refractivity contribution in [3.05, 3.63) is 0 Å². The average Bonchev–Trinajstić information content (AvgIpc) is 2.82. The lowest BCUT2D eigenvalue weighted by Gasteiger charge is -2.31. The van der Waals surface area contributed by atoms with Crippen molar-refractivity contribution < 1.29 is 4.79 Å². The van der Waals surface area contributed by atoms with Gasteiger partial charge < -0.3 is 5.73 Å². The molecule has 0 saturated heterocycles. The first-order valence-electron chi connectivity index (χ1n) is 5.84. The van der Waals surface area contributed by atoms with E-state index in [0.717, 1.165) is 25.7 Å². The van der Waals surface area contributed by atoms with Gasteiger partial charge in [-0.25, -0.2) is 0 Å². The Kier molecular flexibility index (Phi) is 2.42. The van der Waals surface area contributed by atoms with E-state index in [0.29, 0.717) is 17.6 Å². The fourth-order valence-corrected chi connectivity index (χ4v) is 2.95. The van der Waals surface area contributed by atoms with Gasteiger partial charge in [0, 0.05) is 5.92 Å². The van der Waals surface area contributed by atoms with Gasteiger partial charge >= 0.3 is 0 Å². The maximum absolute atomic E-state index is 12.0. The highest BCUT2D eigenvalue weighted by Crippen LogP contribution is 2.41. The molecule has 2 aliphatic rings. The predicted molar refractivity (Wildman–Crippen MR) is 56.8 cm³/mol. The van der Waals surface area contributed by atoms with Gasteiger partial charge in [0.2, 0.25) is 0 Å². The molecule has 14 heavy (non-hydrogen) atoms. The number of carbonyl (C=O) groups is 1. The summed E-state index contributed by atoms with van der Waals surface area (Å²) in [6, 6.07) is 0. The standard InChI is InChI=1S/C12H21NO/c1-8-5-9(2)7-10(6-8)11(14)12(13)3-4-12/h8-10H,3-7,13H2,1-2H3. The number of hydrogen-bond donors (Lipinski definition) is 1. The van der Waals surface area contributed by atoms with Crippen molar-refractivity contribution in [1.29, 1.82) is 0 Å². The number of Topliss-reactive ketones (excluding diaryl/α,β-unsaturated/α-hetero) is 1. The number of hydrogen-bond acceptors (Lipinski definition) is 2. The molecular formula is C12H21NO.